The van der Waals surface area contributed by atoms with Crippen LogP contribution in [0.25, 0.3) is 0 Å². The van der Waals surface area contributed by atoms with E-state index in [2.05, 4.69) is 38.7 Å². The Labute approximate surface area is 108 Å². The average molecular weight is 303 g/mol. The summed E-state index contributed by atoms with van der Waals surface area (Å²) < 4.78 is 6.44. The highest BCUT2D eigenvalue weighted by Crippen LogP contribution is 2.20. The van der Waals surface area contributed by atoms with E-state index in [0.29, 0.717) is 6.61 Å². The van der Waals surface area contributed by atoms with Gasteiger partial charge in [-0.15, -0.1) is 10.5 Å². The van der Waals surface area contributed by atoms with Gasteiger partial charge >= 0.3 is 0 Å². The molecular weight excluding hydrogens is 290 g/mol. The molecule has 6 heteroatoms. The summed E-state index contributed by atoms with van der Waals surface area (Å²) in [5.74, 6) is 0.794. The zero-order chi connectivity index (χ0) is 12.0. The predicted octanol–water partition coefficient (Wildman–Crippen LogP) is 0.0955. The van der Waals surface area contributed by atoms with Gasteiger partial charge < -0.3 is 10.5 Å². The van der Waals surface area contributed by atoms with E-state index >= 15 is 0 Å². The molecule has 16 heavy (non-hydrogen) atoms. The van der Waals surface area contributed by atoms with Crippen LogP contribution in [-0.4, -0.2) is 17.9 Å². The molecule has 4 nitrogen and oxygen atoms in total. The van der Waals surface area contributed by atoms with E-state index in [1.165, 1.54) is 0 Å². The van der Waals surface area contributed by atoms with Gasteiger partial charge in [0.25, 0.3) is 0 Å². The lowest BCUT2D eigenvalue weighted by atomic mass is 10.2. The van der Waals surface area contributed by atoms with Crippen LogP contribution in [0.3, 0.4) is 0 Å². The van der Waals surface area contributed by atoms with Crippen LogP contribution in [0.4, 0.5) is 0 Å². The summed E-state index contributed by atoms with van der Waals surface area (Å²) in [5, 5.41) is 2.97. The van der Waals surface area contributed by atoms with E-state index in [1.807, 2.05) is 25.1 Å². The maximum absolute atomic E-state index is 5.47. The molecule has 0 unspecified atom stereocenters. The van der Waals surface area contributed by atoms with Crippen LogP contribution in [0.2, 0.25) is 0 Å². The molecule has 0 heterocycles. The first-order chi connectivity index (χ1) is 7.63. The van der Waals surface area contributed by atoms with Crippen molar-refractivity contribution >= 4 is 39.5 Å². The Morgan fingerprint density at radius 2 is 2.44 bits per heavy atom. The molecule has 0 aliphatic carbocycles. The molecule has 0 spiro atoms. The Hall–Kier alpha value is -1.14. The monoisotopic (exact) mass is 302 g/mol. The topological polar surface area (TPSA) is 61.2 Å². The lowest BCUT2D eigenvalue weighted by Gasteiger charge is -2.05. The van der Waals surface area contributed by atoms with Gasteiger partial charge in [-0.3, -0.25) is 0 Å². The van der Waals surface area contributed by atoms with Gasteiger partial charge in [0.05, 0.1) is 12.2 Å². The first-order valence-electron chi connectivity index (χ1n) is 4.70. The van der Waals surface area contributed by atoms with Crippen LogP contribution >= 0.6 is 28.1 Å². The molecule has 1 aromatic rings. The number of nitrogens with one attached hydrogen (secondary N) is 2. The summed E-state index contributed by atoms with van der Waals surface area (Å²) in [6.45, 7) is 2.55. The minimum Gasteiger partial charge on any atom is -0.493 e. The van der Waals surface area contributed by atoms with E-state index in [-0.39, 0.29) is 5.11 Å². The molecule has 0 fully saturated rings. The number of rotatable bonds is 4. The van der Waals surface area contributed by atoms with E-state index in [0.717, 1.165) is 15.8 Å². The van der Waals surface area contributed by atoms with Gasteiger partial charge in [0.1, 0.15) is 5.75 Å². The molecule has 0 saturated heterocycles. The van der Waals surface area contributed by atoms with E-state index in [9.17, 15) is 0 Å². The third kappa shape index (κ3) is 4.16. The van der Waals surface area contributed by atoms with E-state index in [1.54, 1.807) is 6.21 Å². The molecule has 0 amide bonds. The Bertz CT molecular complexity index is 409. The number of hydrazine groups is 1. The maximum Gasteiger partial charge on any atom is 0.221 e. The Morgan fingerprint density at radius 3 is 3.06 bits per heavy atom. The molecule has 0 bridgehead atoms. The summed E-state index contributed by atoms with van der Waals surface area (Å²) in [6, 6.07) is 5.74. The van der Waals surface area contributed by atoms with Gasteiger partial charge in [-0.25, -0.2) is 0 Å². The molecule has 4 N–H and O–H groups in total. The largest absolute Gasteiger partial charge is 0.493 e. The van der Waals surface area contributed by atoms with E-state index < -0.39 is 0 Å². The second kappa shape index (κ2) is 6.44. The lowest BCUT2D eigenvalue weighted by molar-refractivity contribution is -0.499. The number of ether oxygens (including phenoxy) is 1. The predicted molar refractivity (Wildman–Crippen MR) is 71.4 cm³/mol. The van der Waals surface area contributed by atoms with Crippen LogP contribution in [0.15, 0.2) is 22.7 Å². The Kier molecular flexibility index (Phi) is 5.21. The van der Waals surface area contributed by atoms with Crippen molar-refractivity contribution < 1.29 is 9.84 Å². The standard InChI is InChI=1S/C10H12BrN3OS/c1-2-15-9-4-3-8(11)5-7(9)6-13-14-10(12)16/h3-6H,2H2,1H3,(H3,12,14,16)/p+1. The van der Waals surface area contributed by atoms with Crippen LogP contribution in [0.5, 0.6) is 5.75 Å². The van der Waals surface area contributed by atoms with Crippen LogP contribution in [-0.2, 0) is 0 Å². The van der Waals surface area contributed by atoms with Gasteiger partial charge in [0.15, 0.2) is 0 Å². The summed E-state index contributed by atoms with van der Waals surface area (Å²) >= 11 is 8.06. The summed E-state index contributed by atoms with van der Waals surface area (Å²) in [7, 11) is 0. The summed E-state index contributed by atoms with van der Waals surface area (Å²) in [6.07, 6.45) is 1.73. The SMILES string of the molecule is CCOc1ccc(Br)cc1C=[NH+]NC(N)=S. The first kappa shape index (κ1) is 12.9. The van der Waals surface area contributed by atoms with Crippen LogP contribution in [0.1, 0.15) is 12.5 Å². The van der Waals surface area contributed by atoms with Crippen molar-refractivity contribution in [3.8, 4) is 5.75 Å². The number of hydrogen-bond donors (Lipinski definition) is 3. The van der Waals surface area contributed by atoms with Gasteiger partial charge in [0.2, 0.25) is 11.3 Å². The Balaban J connectivity index is 2.86. The number of nitrogens with two attached hydrogens (primary N) is 1. The molecule has 0 saturated carbocycles. The van der Waals surface area contributed by atoms with Crippen LogP contribution in [0, 0.1) is 0 Å². The molecular formula is C10H13BrN3OS+. The highest BCUT2D eigenvalue weighted by atomic mass is 79.9. The molecule has 0 atom stereocenters. The molecule has 1 aromatic carbocycles. The second-order valence-electron chi connectivity index (χ2n) is 2.89. The highest BCUT2D eigenvalue weighted by Gasteiger charge is 2.04. The fourth-order valence-electron chi connectivity index (χ4n) is 1.10. The normalized spacial score (nSPS) is 10.4. The van der Waals surface area contributed by atoms with Gasteiger partial charge in [-0.2, -0.15) is 0 Å². The average Bonchev–Trinajstić information content (AvgIpc) is 2.21. The molecule has 86 valence electrons. The zero-order valence-electron chi connectivity index (χ0n) is 8.79. The van der Waals surface area contributed by atoms with Crippen molar-refractivity contribution in [2.24, 2.45) is 5.73 Å². The van der Waals surface area contributed by atoms with Crippen LogP contribution < -0.4 is 21.0 Å². The van der Waals surface area contributed by atoms with Crippen molar-refractivity contribution in [2.75, 3.05) is 6.61 Å². The van der Waals surface area contributed by atoms with Crippen molar-refractivity contribution in [1.29, 1.82) is 0 Å². The third-order valence-corrected chi connectivity index (χ3v) is 2.29. The first-order valence-corrected chi connectivity index (χ1v) is 5.90. The van der Waals surface area contributed by atoms with Crippen molar-refractivity contribution in [2.45, 2.75) is 6.92 Å². The zero-order valence-corrected chi connectivity index (χ0v) is 11.2. The van der Waals surface area contributed by atoms with Crippen molar-refractivity contribution in [3.63, 3.8) is 0 Å². The maximum atomic E-state index is 5.47. The quantitative estimate of drug-likeness (QED) is 0.419. The minimum atomic E-state index is 0.184. The number of hydrogen-bond acceptors (Lipinski definition) is 2. The van der Waals surface area contributed by atoms with Gasteiger partial charge in [-0.1, -0.05) is 15.9 Å². The number of halogens is 1. The fraction of sp³-hybridized carbons (Fsp3) is 0.200. The van der Waals surface area contributed by atoms with Gasteiger partial charge in [-0.05, 0) is 37.3 Å². The minimum absolute atomic E-state index is 0.184. The number of hydrazone groups is 1. The number of thiocarbonyl (C=S) groups is 1. The number of benzene rings is 1. The summed E-state index contributed by atoms with van der Waals surface area (Å²) in [4.78, 5) is 0. The van der Waals surface area contributed by atoms with Crippen molar-refractivity contribution in [1.82, 2.24) is 5.43 Å². The fourth-order valence-corrected chi connectivity index (χ4v) is 1.54. The molecule has 0 radical (unpaired) electrons. The Morgan fingerprint density at radius 1 is 1.69 bits per heavy atom. The second-order valence-corrected chi connectivity index (χ2v) is 4.25. The van der Waals surface area contributed by atoms with Crippen molar-refractivity contribution in [3.05, 3.63) is 28.2 Å². The lowest BCUT2D eigenvalue weighted by Crippen LogP contribution is -2.82. The smallest absolute Gasteiger partial charge is 0.221 e. The third-order valence-electron chi connectivity index (χ3n) is 1.69. The molecule has 0 aliphatic rings. The molecule has 0 aromatic heterocycles. The van der Waals surface area contributed by atoms with Gasteiger partial charge in [0, 0.05) is 4.47 Å². The summed E-state index contributed by atoms with van der Waals surface area (Å²) in [5.41, 5.74) is 8.80. The van der Waals surface area contributed by atoms with E-state index in [4.69, 9.17) is 10.5 Å². The highest BCUT2D eigenvalue weighted by molar-refractivity contribution is 9.10. The molecule has 1 rings (SSSR count). The molecule has 0 aliphatic heterocycles.